The Morgan fingerprint density at radius 2 is 1.70 bits per heavy atom. The van der Waals surface area contributed by atoms with Crippen LogP contribution in [0.1, 0.15) is 11.1 Å². The zero-order valence-electron chi connectivity index (χ0n) is 6.11. The molecule has 0 saturated heterocycles. The predicted molar refractivity (Wildman–Crippen MR) is 49.0 cm³/mol. The van der Waals surface area contributed by atoms with Crippen LogP contribution in [0.4, 0.5) is 0 Å². The number of rotatable bonds is 0. The SMILES string of the molecule is [B]c1cc(C)c(C)cc1Br. The predicted octanol–water partition coefficient (Wildman–Crippen LogP) is 1.86. The van der Waals surface area contributed by atoms with Crippen LogP contribution in [-0.4, -0.2) is 7.85 Å². The Balaban J connectivity index is 3.28. The van der Waals surface area contributed by atoms with E-state index in [2.05, 4.69) is 29.8 Å². The van der Waals surface area contributed by atoms with Gasteiger partial charge in [0.05, 0.1) is 0 Å². The van der Waals surface area contributed by atoms with Crippen LogP contribution in [0.3, 0.4) is 0 Å². The Morgan fingerprint density at radius 1 is 1.20 bits per heavy atom. The highest BCUT2D eigenvalue weighted by atomic mass is 79.9. The van der Waals surface area contributed by atoms with E-state index in [1.807, 2.05) is 12.1 Å². The topological polar surface area (TPSA) is 0 Å². The maximum Gasteiger partial charge on any atom is 0.115 e. The van der Waals surface area contributed by atoms with Gasteiger partial charge in [-0.05, 0) is 31.0 Å². The molecule has 1 aromatic carbocycles. The van der Waals surface area contributed by atoms with Crippen LogP contribution in [0.25, 0.3) is 0 Å². The molecule has 0 nitrogen and oxygen atoms in total. The average molecular weight is 195 g/mol. The van der Waals surface area contributed by atoms with Crippen molar-refractivity contribution in [2.24, 2.45) is 0 Å². The Kier molecular flexibility index (Phi) is 2.19. The summed E-state index contributed by atoms with van der Waals surface area (Å²) >= 11 is 3.36. The maximum absolute atomic E-state index is 5.64. The van der Waals surface area contributed by atoms with Crippen molar-refractivity contribution in [2.75, 3.05) is 0 Å². The summed E-state index contributed by atoms with van der Waals surface area (Å²) in [7, 11) is 5.64. The summed E-state index contributed by atoms with van der Waals surface area (Å²) in [4.78, 5) is 0. The van der Waals surface area contributed by atoms with E-state index in [1.54, 1.807) is 0 Å². The van der Waals surface area contributed by atoms with Crippen molar-refractivity contribution in [3.05, 3.63) is 27.7 Å². The molecule has 1 aromatic rings. The van der Waals surface area contributed by atoms with E-state index in [9.17, 15) is 0 Å². The fourth-order valence-corrected chi connectivity index (χ4v) is 1.26. The first kappa shape index (κ1) is 7.87. The molecule has 0 fully saturated rings. The molecule has 0 aliphatic heterocycles. The second-order valence-electron chi connectivity index (χ2n) is 2.46. The van der Waals surface area contributed by atoms with Gasteiger partial charge in [-0.1, -0.05) is 27.5 Å². The highest BCUT2D eigenvalue weighted by molar-refractivity contribution is 9.10. The van der Waals surface area contributed by atoms with E-state index >= 15 is 0 Å². The van der Waals surface area contributed by atoms with Crippen molar-refractivity contribution >= 4 is 29.2 Å². The summed E-state index contributed by atoms with van der Waals surface area (Å²) in [6.45, 7) is 4.12. The zero-order chi connectivity index (χ0) is 7.72. The summed E-state index contributed by atoms with van der Waals surface area (Å²) in [6.07, 6.45) is 0. The molecule has 2 heteroatoms. The van der Waals surface area contributed by atoms with Gasteiger partial charge in [-0.15, -0.1) is 0 Å². The van der Waals surface area contributed by atoms with Crippen molar-refractivity contribution in [1.82, 2.24) is 0 Å². The Bertz CT molecular complexity index is 205. The third kappa shape index (κ3) is 1.43. The minimum Gasteiger partial charge on any atom is -0.0825 e. The van der Waals surface area contributed by atoms with Crippen LogP contribution in [0, 0.1) is 13.8 Å². The molecule has 0 bridgehead atoms. The summed E-state index contributed by atoms with van der Waals surface area (Å²) < 4.78 is 0.982. The monoisotopic (exact) mass is 194 g/mol. The second-order valence-corrected chi connectivity index (χ2v) is 3.31. The van der Waals surface area contributed by atoms with E-state index in [0.717, 1.165) is 9.94 Å². The molecule has 0 aromatic heterocycles. The Labute approximate surface area is 71.2 Å². The van der Waals surface area contributed by atoms with Gasteiger partial charge in [0.2, 0.25) is 0 Å². The van der Waals surface area contributed by atoms with E-state index in [1.165, 1.54) is 11.1 Å². The molecule has 0 spiro atoms. The van der Waals surface area contributed by atoms with Crippen molar-refractivity contribution < 1.29 is 0 Å². The van der Waals surface area contributed by atoms with Gasteiger partial charge in [-0.25, -0.2) is 0 Å². The van der Waals surface area contributed by atoms with Crippen molar-refractivity contribution in [3.63, 3.8) is 0 Å². The first-order valence-electron chi connectivity index (χ1n) is 3.13. The van der Waals surface area contributed by atoms with Crippen molar-refractivity contribution in [1.29, 1.82) is 0 Å². The lowest BCUT2D eigenvalue weighted by Crippen LogP contribution is -2.05. The summed E-state index contributed by atoms with van der Waals surface area (Å²) in [5.74, 6) is 0. The summed E-state index contributed by atoms with van der Waals surface area (Å²) in [5, 5.41) is 0. The molecule has 0 saturated carbocycles. The molecule has 0 atom stereocenters. The summed E-state index contributed by atoms with van der Waals surface area (Å²) in [5.41, 5.74) is 3.31. The lowest BCUT2D eigenvalue weighted by atomic mass is 9.93. The van der Waals surface area contributed by atoms with Crippen LogP contribution >= 0.6 is 15.9 Å². The quantitative estimate of drug-likeness (QED) is 0.554. The third-order valence-electron chi connectivity index (χ3n) is 1.61. The van der Waals surface area contributed by atoms with Gasteiger partial charge in [-0.2, -0.15) is 0 Å². The largest absolute Gasteiger partial charge is 0.115 e. The zero-order valence-corrected chi connectivity index (χ0v) is 7.70. The molecule has 0 aliphatic rings. The van der Waals surface area contributed by atoms with Crippen LogP contribution in [0.5, 0.6) is 0 Å². The Morgan fingerprint density at radius 3 is 2.20 bits per heavy atom. The van der Waals surface area contributed by atoms with Gasteiger partial charge in [0.25, 0.3) is 0 Å². The number of benzene rings is 1. The standard InChI is InChI=1S/C8H8BBr/c1-5-3-7(9)8(10)4-6(5)2/h3-4H,1-2H3. The van der Waals surface area contributed by atoms with E-state index < -0.39 is 0 Å². The van der Waals surface area contributed by atoms with Gasteiger partial charge in [0.15, 0.2) is 0 Å². The minimum atomic E-state index is 0.808. The molecule has 0 heterocycles. The average Bonchev–Trinajstić information content (AvgIpc) is 1.84. The Hall–Kier alpha value is -0.235. The molecular formula is C8H8BBr. The molecule has 10 heavy (non-hydrogen) atoms. The van der Waals surface area contributed by atoms with Gasteiger partial charge in [-0.3, -0.25) is 0 Å². The van der Waals surface area contributed by atoms with Crippen LogP contribution in [0.2, 0.25) is 0 Å². The lowest BCUT2D eigenvalue weighted by Gasteiger charge is -2.03. The van der Waals surface area contributed by atoms with Gasteiger partial charge in [0.1, 0.15) is 7.85 Å². The molecule has 2 radical (unpaired) electrons. The maximum atomic E-state index is 5.64. The molecule has 1 rings (SSSR count). The highest BCUT2D eigenvalue weighted by Gasteiger charge is 1.96. The van der Waals surface area contributed by atoms with Crippen LogP contribution < -0.4 is 5.46 Å². The second kappa shape index (κ2) is 2.79. The van der Waals surface area contributed by atoms with E-state index in [0.29, 0.717) is 0 Å². The number of hydrogen-bond donors (Lipinski definition) is 0. The van der Waals surface area contributed by atoms with Gasteiger partial charge >= 0.3 is 0 Å². The number of aryl methyl sites for hydroxylation is 2. The fraction of sp³-hybridized carbons (Fsp3) is 0.250. The summed E-state index contributed by atoms with van der Waals surface area (Å²) in [6, 6.07) is 4.00. The normalized spacial score (nSPS) is 9.90. The first-order valence-corrected chi connectivity index (χ1v) is 3.93. The number of hydrogen-bond acceptors (Lipinski definition) is 0. The van der Waals surface area contributed by atoms with Crippen LogP contribution in [0.15, 0.2) is 16.6 Å². The van der Waals surface area contributed by atoms with Crippen molar-refractivity contribution in [3.8, 4) is 0 Å². The molecule has 50 valence electrons. The van der Waals surface area contributed by atoms with E-state index in [4.69, 9.17) is 7.85 Å². The lowest BCUT2D eigenvalue weighted by molar-refractivity contribution is 1.34. The van der Waals surface area contributed by atoms with E-state index in [-0.39, 0.29) is 0 Å². The first-order chi connectivity index (χ1) is 4.61. The molecule has 0 aliphatic carbocycles. The molecular weight excluding hydrogens is 187 g/mol. The molecule has 0 N–H and O–H groups in total. The van der Waals surface area contributed by atoms with Gasteiger partial charge in [0, 0.05) is 4.47 Å². The smallest absolute Gasteiger partial charge is 0.0825 e. The fourth-order valence-electron chi connectivity index (χ4n) is 0.803. The van der Waals surface area contributed by atoms with Crippen molar-refractivity contribution in [2.45, 2.75) is 13.8 Å². The van der Waals surface area contributed by atoms with Crippen LogP contribution in [-0.2, 0) is 0 Å². The molecule has 0 unspecified atom stereocenters. The minimum absolute atomic E-state index is 0.808. The molecule has 0 amide bonds. The number of halogens is 1. The third-order valence-corrected chi connectivity index (χ3v) is 2.30. The van der Waals surface area contributed by atoms with Gasteiger partial charge < -0.3 is 0 Å². The highest BCUT2D eigenvalue weighted by Crippen LogP contribution is 2.11.